The molecule has 0 atom stereocenters. The number of nitrogens with two attached hydrogens (primary N) is 1. The lowest BCUT2D eigenvalue weighted by atomic mass is 10.2. The maximum atomic E-state index is 11.3. The summed E-state index contributed by atoms with van der Waals surface area (Å²) in [5.41, 5.74) is 2.55. The normalized spacial score (nSPS) is 10.8. The topological polar surface area (TPSA) is 71.5 Å². The Morgan fingerprint density at radius 2 is 2.06 bits per heavy atom. The van der Waals surface area contributed by atoms with Crippen LogP contribution >= 0.6 is 0 Å². The van der Waals surface area contributed by atoms with Gasteiger partial charge in [0.1, 0.15) is 12.0 Å². The first-order valence-corrected chi connectivity index (χ1v) is 6.02. The molecule has 5 nitrogen and oxygen atoms in total. The van der Waals surface area contributed by atoms with Crippen molar-refractivity contribution >= 4 is 5.91 Å². The van der Waals surface area contributed by atoms with E-state index < -0.39 is 0 Å². The molecule has 0 radical (unpaired) electrons. The molecular weight excluding hydrogens is 218 g/mol. The van der Waals surface area contributed by atoms with E-state index in [1.807, 2.05) is 0 Å². The third-order valence-corrected chi connectivity index (χ3v) is 2.51. The van der Waals surface area contributed by atoms with Crippen molar-refractivity contribution in [3.8, 4) is 0 Å². The Balaban J connectivity index is 2.60. The summed E-state index contributed by atoms with van der Waals surface area (Å²) < 4.78 is 5.35. The third-order valence-electron chi connectivity index (χ3n) is 2.51. The lowest BCUT2D eigenvalue weighted by molar-refractivity contribution is 0.0953. The largest absolute Gasteiger partial charge is 0.467 e. The molecule has 96 valence electrons. The minimum atomic E-state index is -0.322. The van der Waals surface area contributed by atoms with Crippen molar-refractivity contribution in [3.63, 3.8) is 0 Å². The number of hydrazine groups is 1. The molecule has 1 aromatic heterocycles. The number of nitrogens with zero attached hydrogens (tertiary/aromatic N) is 1. The Morgan fingerprint density at radius 1 is 1.41 bits per heavy atom. The van der Waals surface area contributed by atoms with Crippen LogP contribution < -0.4 is 11.3 Å². The van der Waals surface area contributed by atoms with Gasteiger partial charge in [0.25, 0.3) is 5.91 Å². The summed E-state index contributed by atoms with van der Waals surface area (Å²) in [7, 11) is 0. The van der Waals surface area contributed by atoms with Crippen LogP contribution in [0, 0.1) is 0 Å². The molecule has 0 bridgehead atoms. The minimum absolute atomic E-state index is 0.322. The quantitative estimate of drug-likeness (QED) is 0.430. The van der Waals surface area contributed by atoms with Crippen molar-refractivity contribution in [1.82, 2.24) is 10.3 Å². The number of nitrogens with one attached hydrogen (secondary N) is 1. The highest BCUT2D eigenvalue weighted by molar-refractivity contribution is 5.93. The SMILES string of the molecule is CCCN(CCC)Cc1cc(C(=O)NN)co1. The van der Waals surface area contributed by atoms with Crippen molar-refractivity contribution in [3.05, 3.63) is 23.7 Å². The Labute approximate surface area is 102 Å². The molecule has 0 aliphatic heterocycles. The van der Waals surface area contributed by atoms with Gasteiger partial charge in [0.15, 0.2) is 0 Å². The predicted molar refractivity (Wildman–Crippen MR) is 66.2 cm³/mol. The number of carbonyl (C=O) groups is 1. The molecule has 0 saturated heterocycles. The zero-order valence-corrected chi connectivity index (χ0v) is 10.5. The number of carbonyl (C=O) groups excluding carboxylic acids is 1. The van der Waals surface area contributed by atoms with E-state index in [0.717, 1.165) is 38.2 Å². The van der Waals surface area contributed by atoms with Crippen molar-refractivity contribution < 1.29 is 9.21 Å². The molecule has 0 fully saturated rings. The third kappa shape index (κ3) is 4.20. The van der Waals surface area contributed by atoms with E-state index >= 15 is 0 Å². The fraction of sp³-hybridized carbons (Fsp3) is 0.583. The maximum Gasteiger partial charge on any atom is 0.268 e. The first kappa shape index (κ1) is 13.7. The smallest absolute Gasteiger partial charge is 0.268 e. The number of amides is 1. The highest BCUT2D eigenvalue weighted by Gasteiger charge is 2.11. The van der Waals surface area contributed by atoms with Gasteiger partial charge in [0.05, 0.1) is 12.1 Å². The van der Waals surface area contributed by atoms with Gasteiger partial charge < -0.3 is 4.42 Å². The second-order valence-electron chi connectivity index (χ2n) is 4.05. The zero-order valence-electron chi connectivity index (χ0n) is 10.5. The molecule has 0 unspecified atom stereocenters. The van der Waals surface area contributed by atoms with Crippen LogP contribution in [0.2, 0.25) is 0 Å². The molecule has 3 N–H and O–H groups in total. The van der Waals surface area contributed by atoms with Crippen LogP contribution in [0.15, 0.2) is 16.7 Å². The summed E-state index contributed by atoms with van der Waals surface area (Å²) in [6.45, 7) is 7.11. The van der Waals surface area contributed by atoms with E-state index in [-0.39, 0.29) is 5.91 Å². The molecule has 1 amide bonds. The number of hydrogen-bond acceptors (Lipinski definition) is 4. The standard InChI is InChI=1S/C12H21N3O2/c1-3-5-15(6-4-2)8-11-7-10(9-17-11)12(16)14-13/h7,9H,3-6,8,13H2,1-2H3,(H,14,16). The lowest BCUT2D eigenvalue weighted by Gasteiger charge is -2.19. The van der Waals surface area contributed by atoms with Crippen molar-refractivity contribution in [2.75, 3.05) is 13.1 Å². The fourth-order valence-corrected chi connectivity index (χ4v) is 1.79. The van der Waals surface area contributed by atoms with Gasteiger partial charge in [-0.25, -0.2) is 5.84 Å². The molecule has 0 spiro atoms. The van der Waals surface area contributed by atoms with Gasteiger partial charge in [-0.1, -0.05) is 13.8 Å². The Kier molecular flexibility index (Phi) is 5.72. The molecular formula is C12H21N3O2. The van der Waals surface area contributed by atoms with Crippen LogP contribution in [0.3, 0.4) is 0 Å². The van der Waals surface area contributed by atoms with Gasteiger partial charge in [0, 0.05) is 0 Å². The van der Waals surface area contributed by atoms with Crippen LogP contribution in [0.25, 0.3) is 0 Å². The first-order valence-electron chi connectivity index (χ1n) is 6.02. The van der Waals surface area contributed by atoms with Crippen LogP contribution in [0.4, 0.5) is 0 Å². The molecule has 0 aliphatic carbocycles. The molecule has 0 aromatic carbocycles. The van der Waals surface area contributed by atoms with Gasteiger partial charge in [-0.3, -0.25) is 15.1 Å². The molecule has 1 heterocycles. The van der Waals surface area contributed by atoms with Crippen LogP contribution in [0.5, 0.6) is 0 Å². The second kappa shape index (κ2) is 7.09. The van der Waals surface area contributed by atoms with Gasteiger partial charge in [0.2, 0.25) is 0 Å². The van der Waals surface area contributed by atoms with Crippen molar-refractivity contribution in [2.24, 2.45) is 5.84 Å². The summed E-state index contributed by atoms with van der Waals surface area (Å²) in [5, 5.41) is 0. The van der Waals surface area contributed by atoms with Crippen LogP contribution in [-0.4, -0.2) is 23.9 Å². The average Bonchev–Trinajstić information content (AvgIpc) is 2.77. The summed E-state index contributed by atoms with van der Waals surface area (Å²) in [6, 6.07) is 1.74. The summed E-state index contributed by atoms with van der Waals surface area (Å²) >= 11 is 0. The van der Waals surface area contributed by atoms with Crippen LogP contribution in [0.1, 0.15) is 42.8 Å². The van der Waals surface area contributed by atoms with Crippen LogP contribution in [-0.2, 0) is 6.54 Å². The Morgan fingerprint density at radius 3 is 2.59 bits per heavy atom. The fourth-order valence-electron chi connectivity index (χ4n) is 1.79. The number of rotatable bonds is 7. The van der Waals surface area contributed by atoms with Gasteiger partial charge in [-0.15, -0.1) is 0 Å². The number of nitrogen functional groups attached to an aromatic ring is 1. The van der Waals surface area contributed by atoms with E-state index in [4.69, 9.17) is 10.3 Å². The zero-order chi connectivity index (χ0) is 12.7. The van der Waals surface area contributed by atoms with Crippen molar-refractivity contribution in [1.29, 1.82) is 0 Å². The van der Waals surface area contributed by atoms with Gasteiger partial charge in [-0.2, -0.15) is 0 Å². The molecule has 0 saturated carbocycles. The lowest BCUT2D eigenvalue weighted by Crippen LogP contribution is -2.29. The molecule has 1 aromatic rings. The maximum absolute atomic E-state index is 11.3. The number of hydrogen-bond donors (Lipinski definition) is 2. The van der Waals surface area contributed by atoms with E-state index in [1.165, 1.54) is 6.26 Å². The van der Waals surface area contributed by atoms with E-state index in [0.29, 0.717) is 5.56 Å². The van der Waals surface area contributed by atoms with Gasteiger partial charge in [-0.05, 0) is 32.0 Å². The number of furan rings is 1. The van der Waals surface area contributed by atoms with E-state index in [9.17, 15) is 4.79 Å². The molecule has 5 heteroatoms. The summed E-state index contributed by atoms with van der Waals surface area (Å²) in [5.74, 6) is 5.53. The Hall–Kier alpha value is -1.33. The average molecular weight is 239 g/mol. The molecule has 17 heavy (non-hydrogen) atoms. The molecule has 1 rings (SSSR count). The summed E-state index contributed by atoms with van der Waals surface area (Å²) in [6.07, 6.45) is 3.65. The minimum Gasteiger partial charge on any atom is -0.467 e. The van der Waals surface area contributed by atoms with Crippen molar-refractivity contribution in [2.45, 2.75) is 33.2 Å². The highest BCUT2D eigenvalue weighted by Crippen LogP contribution is 2.11. The predicted octanol–water partition coefficient (Wildman–Crippen LogP) is 1.51. The van der Waals surface area contributed by atoms with E-state index in [1.54, 1.807) is 6.07 Å². The van der Waals surface area contributed by atoms with Gasteiger partial charge >= 0.3 is 0 Å². The molecule has 0 aliphatic rings. The first-order chi connectivity index (χ1) is 8.21. The Bertz CT molecular complexity index is 343. The highest BCUT2D eigenvalue weighted by atomic mass is 16.3. The summed E-state index contributed by atoms with van der Waals surface area (Å²) in [4.78, 5) is 13.6. The van der Waals surface area contributed by atoms with E-state index in [2.05, 4.69) is 24.2 Å². The monoisotopic (exact) mass is 239 g/mol. The second-order valence-corrected chi connectivity index (χ2v) is 4.05.